The van der Waals surface area contributed by atoms with Gasteiger partial charge in [0, 0.05) is 13.7 Å². The van der Waals surface area contributed by atoms with Crippen molar-refractivity contribution in [1.29, 1.82) is 0 Å². The van der Waals surface area contributed by atoms with Crippen LogP contribution in [0.15, 0.2) is 0 Å². The highest BCUT2D eigenvalue weighted by Gasteiger charge is 2.38. The third-order valence-corrected chi connectivity index (χ3v) is 3.92. The third kappa shape index (κ3) is 4.28. The fraction of sp³-hybridized carbons (Fsp3) is 0.923. The molecular weight excluding hydrogens is 216 g/mol. The van der Waals surface area contributed by atoms with Gasteiger partial charge in [0.15, 0.2) is 0 Å². The van der Waals surface area contributed by atoms with Gasteiger partial charge in [-0.25, -0.2) is 0 Å². The van der Waals surface area contributed by atoms with Gasteiger partial charge in [-0.15, -0.1) is 0 Å². The van der Waals surface area contributed by atoms with Crippen LogP contribution in [-0.4, -0.2) is 31.7 Å². The van der Waals surface area contributed by atoms with Gasteiger partial charge in [-0.05, 0) is 38.1 Å². The molecule has 0 spiro atoms. The summed E-state index contributed by atoms with van der Waals surface area (Å²) in [6.07, 6.45) is 5.74. The van der Waals surface area contributed by atoms with E-state index in [1.54, 1.807) is 7.11 Å². The number of ether oxygens (including phenoxy) is 1. The Bertz CT molecular complexity index is 234. The Morgan fingerprint density at radius 2 is 2.24 bits per heavy atom. The first-order valence-corrected chi connectivity index (χ1v) is 6.67. The quantitative estimate of drug-likeness (QED) is 0.677. The van der Waals surface area contributed by atoms with Crippen molar-refractivity contribution in [3.8, 4) is 0 Å². The Morgan fingerprint density at radius 1 is 1.53 bits per heavy atom. The lowest BCUT2D eigenvalue weighted by Crippen LogP contribution is -2.44. The van der Waals surface area contributed by atoms with Crippen molar-refractivity contribution in [1.82, 2.24) is 5.32 Å². The maximum Gasteiger partial charge on any atom is 0.222 e. The second kappa shape index (κ2) is 6.97. The van der Waals surface area contributed by atoms with E-state index in [1.165, 1.54) is 6.42 Å². The molecule has 0 radical (unpaired) electrons. The van der Waals surface area contributed by atoms with E-state index >= 15 is 0 Å². The molecule has 1 rings (SSSR count). The molecule has 1 saturated carbocycles. The van der Waals surface area contributed by atoms with Crippen LogP contribution in [0.2, 0.25) is 0 Å². The summed E-state index contributed by atoms with van der Waals surface area (Å²) in [6.45, 7) is 3.57. The molecule has 3 N–H and O–H groups in total. The van der Waals surface area contributed by atoms with Crippen molar-refractivity contribution in [3.05, 3.63) is 0 Å². The number of hydrogen-bond donors (Lipinski definition) is 2. The second-order valence-electron chi connectivity index (χ2n) is 5.07. The van der Waals surface area contributed by atoms with E-state index in [-0.39, 0.29) is 11.5 Å². The Kier molecular flexibility index (Phi) is 5.92. The van der Waals surface area contributed by atoms with Crippen molar-refractivity contribution in [2.24, 2.45) is 11.7 Å². The molecule has 4 nitrogen and oxygen atoms in total. The third-order valence-electron chi connectivity index (χ3n) is 3.92. The summed E-state index contributed by atoms with van der Waals surface area (Å²) in [5, 5.41) is 3.00. The number of rotatable bonds is 8. The smallest absolute Gasteiger partial charge is 0.222 e. The molecular formula is C13H26N2O2. The lowest BCUT2D eigenvalue weighted by Gasteiger charge is -2.40. The van der Waals surface area contributed by atoms with Gasteiger partial charge in [-0.1, -0.05) is 13.3 Å². The first-order chi connectivity index (χ1) is 8.15. The van der Waals surface area contributed by atoms with Crippen molar-refractivity contribution < 1.29 is 9.53 Å². The number of amides is 1. The summed E-state index contributed by atoms with van der Waals surface area (Å²) in [7, 11) is 1.70. The molecule has 4 heteroatoms. The molecule has 0 aliphatic heterocycles. The first kappa shape index (κ1) is 14.5. The van der Waals surface area contributed by atoms with E-state index in [4.69, 9.17) is 10.5 Å². The summed E-state index contributed by atoms with van der Waals surface area (Å²) in [5.41, 5.74) is 5.37. The Hall–Kier alpha value is -0.610. The van der Waals surface area contributed by atoms with E-state index in [1.807, 2.05) is 0 Å². The molecule has 0 aromatic rings. The molecule has 0 bridgehead atoms. The highest BCUT2D eigenvalue weighted by atomic mass is 16.5. The van der Waals surface area contributed by atoms with E-state index in [2.05, 4.69) is 12.2 Å². The van der Waals surface area contributed by atoms with Gasteiger partial charge in [-0.3, -0.25) is 4.79 Å². The van der Waals surface area contributed by atoms with Crippen LogP contribution in [0.5, 0.6) is 0 Å². The van der Waals surface area contributed by atoms with Gasteiger partial charge >= 0.3 is 0 Å². The molecule has 1 aliphatic rings. The van der Waals surface area contributed by atoms with Gasteiger partial charge in [0.1, 0.15) is 0 Å². The SMILES string of the molecule is CCC(CCN)CNC(=O)CC1(OC)CCC1. The zero-order valence-corrected chi connectivity index (χ0v) is 11.1. The molecule has 100 valence electrons. The topological polar surface area (TPSA) is 64.3 Å². The molecule has 0 heterocycles. The monoisotopic (exact) mass is 242 g/mol. The predicted molar refractivity (Wildman–Crippen MR) is 68.7 cm³/mol. The molecule has 0 saturated heterocycles. The molecule has 1 atom stereocenters. The highest BCUT2D eigenvalue weighted by Crippen LogP contribution is 2.37. The molecule has 17 heavy (non-hydrogen) atoms. The maximum atomic E-state index is 11.8. The number of nitrogens with one attached hydrogen (secondary N) is 1. The van der Waals surface area contributed by atoms with Gasteiger partial charge < -0.3 is 15.8 Å². The Balaban J connectivity index is 2.24. The molecule has 0 aromatic heterocycles. The Labute approximate surface area is 104 Å². The van der Waals surface area contributed by atoms with Crippen molar-refractivity contribution in [2.75, 3.05) is 20.2 Å². The van der Waals surface area contributed by atoms with Gasteiger partial charge in [-0.2, -0.15) is 0 Å². The number of nitrogens with two attached hydrogens (primary N) is 1. The number of carbonyl (C=O) groups excluding carboxylic acids is 1. The average Bonchev–Trinajstić information content (AvgIpc) is 2.29. The summed E-state index contributed by atoms with van der Waals surface area (Å²) < 4.78 is 5.44. The van der Waals surface area contributed by atoms with E-state index in [0.717, 1.165) is 32.2 Å². The minimum absolute atomic E-state index is 0.113. The van der Waals surface area contributed by atoms with Crippen LogP contribution < -0.4 is 11.1 Å². The fourth-order valence-corrected chi connectivity index (χ4v) is 2.32. The number of methoxy groups -OCH3 is 1. The molecule has 1 amide bonds. The summed E-state index contributed by atoms with van der Waals surface area (Å²) >= 11 is 0. The van der Waals surface area contributed by atoms with Crippen molar-refractivity contribution in [2.45, 2.75) is 51.0 Å². The predicted octanol–water partition coefficient (Wildman–Crippen LogP) is 1.44. The van der Waals surface area contributed by atoms with Crippen LogP contribution in [-0.2, 0) is 9.53 Å². The second-order valence-corrected chi connectivity index (χ2v) is 5.07. The minimum Gasteiger partial charge on any atom is -0.378 e. The number of carbonyl (C=O) groups is 1. The largest absolute Gasteiger partial charge is 0.378 e. The summed E-state index contributed by atoms with van der Waals surface area (Å²) in [6, 6.07) is 0. The van der Waals surface area contributed by atoms with Crippen LogP contribution in [0.4, 0.5) is 0 Å². The summed E-state index contributed by atoms with van der Waals surface area (Å²) in [5.74, 6) is 0.617. The standard InChI is InChI=1S/C13H26N2O2/c1-3-11(5-8-14)10-15-12(16)9-13(17-2)6-4-7-13/h11H,3-10,14H2,1-2H3,(H,15,16). The van der Waals surface area contributed by atoms with Crippen LogP contribution in [0, 0.1) is 5.92 Å². The van der Waals surface area contributed by atoms with Crippen LogP contribution in [0.25, 0.3) is 0 Å². The van der Waals surface area contributed by atoms with Crippen molar-refractivity contribution >= 4 is 5.91 Å². The van der Waals surface area contributed by atoms with Gasteiger partial charge in [0.25, 0.3) is 0 Å². The van der Waals surface area contributed by atoms with E-state index < -0.39 is 0 Å². The molecule has 1 aliphatic carbocycles. The molecule has 1 fully saturated rings. The highest BCUT2D eigenvalue weighted by molar-refractivity contribution is 5.77. The lowest BCUT2D eigenvalue weighted by atomic mass is 9.77. The average molecular weight is 242 g/mol. The summed E-state index contributed by atoms with van der Waals surface area (Å²) in [4.78, 5) is 11.8. The zero-order chi connectivity index (χ0) is 12.7. The maximum absolute atomic E-state index is 11.8. The van der Waals surface area contributed by atoms with Gasteiger partial charge in [0.05, 0.1) is 12.0 Å². The van der Waals surface area contributed by atoms with Crippen molar-refractivity contribution in [3.63, 3.8) is 0 Å². The first-order valence-electron chi connectivity index (χ1n) is 6.67. The van der Waals surface area contributed by atoms with Crippen LogP contribution in [0.1, 0.15) is 45.4 Å². The fourth-order valence-electron chi connectivity index (χ4n) is 2.32. The van der Waals surface area contributed by atoms with E-state index in [9.17, 15) is 4.79 Å². The number of hydrogen-bond acceptors (Lipinski definition) is 3. The molecule has 1 unspecified atom stereocenters. The van der Waals surface area contributed by atoms with Crippen LogP contribution in [0.3, 0.4) is 0 Å². The molecule has 0 aromatic carbocycles. The lowest BCUT2D eigenvalue weighted by molar-refractivity contribution is -0.134. The Morgan fingerprint density at radius 3 is 2.65 bits per heavy atom. The van der Waals surface area contributed by atoms with Crippen LogP contribution >= 0.6 is 0 Å². The van der Waals surface area contributed by atoms with Gasteiger partial charge in [0.2, 0.25) is 5.91 Å². The zero-order valence-electron chi connectivity index (χ0n) is 11.1. The minimum atomic E-state index is -0.167. The normalized spacial score (nSPS) is 19.5. The van der Waals surface area contributed by atoms with E-state index in [0.29, 0.717) is 18.9 Å².